The number of benzene rings is 1. The fraction of sp³-hybridized carbons (Fsp3) is 0.455. The minimum atomic E-state index is -2.43. The Morgan fingerprint density at radius 2 is 2.06 bits per heavy atom. The lowest BCUT2D eigenvalue weighted by Crippen LogP contribution is -2.30. The summed E-state index contributed by atoms with van der Waals surface area (Å²) in [6.45, 7) is 0.177. The highest BCUT2D eigenvalue weighted by atomic mass is 79.9. The van der Waals surface area contributed by atoms with Crippen molar-refractivity contribution in [1.29, 1.82) is 0 Å². The van der Waals surface area contributed by atoms with Crippen LogP contribution in [0.25, 0.3) is 0 Å². The lowest BCUT2D eigenvalue weighted by atomic mass is 10.2. The van der Waals surface area contributed by atoms with Crippen molar-refractivity contribution >= 4 is 27.5 Å². The second-order valence-corrected chi connectivity index (χ2v) is 4.73. The maximum absolute atomic E-state index is 13.6. The van der Waals surface area contributed by atoms with Crippen LogP contribution in [0, 0.1) is 5.82 Å². The molecule has 0 aliphatic rings. The van der Waals surface area contributed by atoms with Crippen molar-refractivity contribution in [2.75, 3.05) is 18.4 Å². The molecule has 0 atom stereocenters. The van der Waals surface area contributed by atoms with E-state index in [9.17, 15) is 13.2 Å². The van der Waals surface area contributed by atoms with Crippen LogP contribution < -0.4 is 0 Å². The first-order valence-corrected chi connectivity index (χ1v) is 6.54. The molecule has 0 radical (unpaired) electrons. The van der Waals surface area contributed by atoms with Crippen LogP contribution in [-0.4, -0.2) is 29.7 Å². The van der Waals surface area contributed by atoms with Gasteiger partial charge in [0.2, 0.25) is 0 Å². The number of nitrogens with zero attached hydrogens (tertiary/aromatic N) is 1. The monoisotopic (exact) mass is 329 g/mol. The quantitative estimate of drug-likeness (QED) is 0.714. The highest BCUT2D eigenvalue weighted by molar-refractivity contribution is 9.09. The predicted octanol–water partition coefficient (Wildman–Crippen LogP) is 3.94. The van der Waals surface area contributed by atoms with Gasteiger partial charge in [0, 0.05) is 24.0 Å². The van der Waals surface area contributed by atoms with E-state index < -0.39 is 12.2 Å². The van der Waals surface area contributed by atoms with E-state index in [0.29, 0.717) is 17.4 Å². The van der Waals surface area contributed by atoms with Gasteiger partial charge in [-0.15, -0.1) is 0 Å². The van der Waals surface area contributed by atoms with E-state index in [1.807, 2.05) is 0 Å². The van der Waals surface area contributed by atoms with Gasteiger partial charge in [0.05, 0.1) is 11.6 Å². The van der Waals surface area contributed by atoms with E-state index in [4.69, 9.17) is 11.6 Å². The molecule has 1 rings (SSSR count). The van der Waals surface area contributed by atoms with Crippen LogP contribution in [0.4, 0.5) is 13.2 Å². The summed E-state index contributed by atoms with van der Waals surface area (Å²) < 4.78 is 38.2. The van der Waals surface area contributed by atoms with Crippen LogP contribution in [-0.2, 0) is 6.54 Å². The topological polar surface area (TPSA) is 3.24 Å². The van der Waals surface area contributed by atoms with Gasteiger partial charge in [-0.25, -0.2) is 13.2 Å². The van der Waals surface area contributed by atoms with Crippen LogP contribution >= 0.6 is 27.5 Å². The molecule has 0 aliphatic heterocycles. The van der Waals surface area contributed by atoms with Gasteiger partial charge >= 0.3 is 0 Å². The molecule has 0 saturated carbocycles. The second kappa shape index (κ2) is 7.24. The van der Waals surface area contributed by atoms with Crippen molar-refractivity contribution in [1.82, 2.24) is 4.90 Å². The molecule has 0 fully saturated rings. The lowest BCUT2D eigenvalue weighted by molar-refractivity contribution is 0.0876. The fourth-order valence-electron chi connectivity index (χ4n) is 1.46. The van der Waals surface area contributed by atoms with Crippen LogP contribution in [0.5, 0.6) is 0 Å². The molecule has 0 heterocycles. The maximum Gasteiger partial charge on any atom is 0.251 e. The zero-order valence-corrected chi connectivity index (χ0v) is 11.3. The van der Waals surface area contributed by atoms with Gasteiger partial charge in [-0.3, -0.25) is 4.90 Å². The number of alkyl halides is 3. The van der Waals surface area contributed by atoms with Gasteiger partial charge in [-0.2, -0.15) is 0 Å². The standard InChI is InChI=1S/C11H12BrClF3N/c12-4-5-17(7-10(14)15)6-8-2-1-3-9(13)11(8)16/h1-3,10H,4-7H2. The summed E-state index contributed by atoms with van der Waals surface area (Å²) in [5.74, 6) is -0.539. The molecule has 1 aromatic rings. The highest BCUT2D eigenvalue weighted by Crippen LogP contribution is 2.19. The zero-order valence-electron chi connectivity index (χ0n) is 8.97. The average Bonchev–Trinajstić information content (AvgIpc) is 2.24. The first-order valence-electron chi connectivity index (χ1n) is 5.04. The molecule has 0 amide bonds. The van der Waals surface area contributed by atoms with Crippen molar-refractivity contribution in [3.05, 3.63) is 34.6 Å². The Hall–Kier alpha value is -0.260. The first-order chi connectivity index (χ1) is 8.04. The molecule has 1 nitrogen and oxygen atoms in total. The summed E-state index contributed by atoms with van der Waals surface area (Å²) in [4.78, 5) is 1.48. The molecule has 0 aliphatic carbocycles. The Bertz CT molecular complexity index is 363. The van der Waals surface area contributed by atoms with Gasteiger partial charge in [-0.1, -0.05) is 39.7 Å². The molecule has 96 valence electrons. The molecular formula is C11H12BrClF3N. The molecule has 0 N–H and O–H groups in total. The van der Waals surface area contributed by atoms with Crippen LogP contribution in [0.1, 0.15) is 5.56 Å². The number of rotatable bonds is 6. The minimum absolute atomic E-state index is 0.0124. The van der Waals surface area contributed by atoms with E-state index in [0.717, 1.165) is 0 Å². The molecule has 0 aromatic heterocycles. The molecular weight excluding hydrogens is 318 g/mol. The third-order valence-corrected chi connectivity index (χ3v) is 2.87. The molecule has 0 bridgehead atoms. The SMILES string of the molecule is Fc1c(Cl)cccc1CN(CCBr)CC(F)F. The van der Waals surface area contributed by atoms with Crippen molar-refractivity contribution < 1.29 is 13.2 Å². The predicted molar refractivity (Wildman–Crippen MR) is 66.5 cm³/mol. The Kier molecular flexibility index (Phi) is 6.30. The first kappa shape index (κ1) is 14.8. The number of halogens is 5. The maximum atomic E-state index is 13.6. The Morgan fingerprint density at radius 1 is 1.35 bits per heavy atom. The molecule has 6 heteroatoms. The normalized spacial score (nSPS) is 11.5. The summed E-state index contributed by atoms with van der Waals surface area (Å²) in [5.41, 5.74) is 0.333. The summed E-state index contributed by atoms with van der Waals surface area (Å²) in [6.07, 6.45) is -2.43. The van der Waals surface area contributed by atoms with Crippen LogP contribution in [0.15, 0.2) is 18.2 Å². The smallest absolute Gasteiger partial charge is 0.251 e. The number of hydrogen-bond acceptors (Lipinski definition) is 1. The van der Waals surface area contributed by atoms with E-state index in [2.05, 4.69) is 15.9 Å². The third kappa shape index (κ3) is 4.85. The number of hydrogen-bond donors (Lipinski definition) is 0. The molecule has 1 aromatic carbocycles. The van der Waals surface area contributed by atoms with E-state index in [1.165, 1.54) is 11.0 Å². The van der Waals surface area contributed by atoms with Crippen molar-refractivity contribution in [2.45, 2.75) is 13.0 Å². The Labute approximate surface area is 112 Å². The molecule has 0 spiro atoms. The van der Waals surface area contributed by atoms with E-state index >= 15 is 0 Å². The van der Waals surface area contributed by atoms with E-state index in [1.54, 1.807) is 12.1 Å². The van der Waals surface area contributed by atoms with Gasteiger partial charge < -0.3 is 0 Å². The summed E-state index contributed by atoms with van der Waals surface area (Å²) >= 11 is 8.81. The van der Waals surface area contributed by atoms with Gasteiger partial charge in [0.1, 0.15) is 5.82 Å². The van der Waals surface area contributed by atoms with Gasteiger partial charge in [0.25, 0.3) is 6.43 Å². The fourth-order valence-corrected chi connectivity index (χ4v) is 2.16. The largest absolute Gasteiger partial charge is 0.293 e. The second-order valence-electron chi connectivity index (χ2n) is 3.53. The minimum Gasteiger partial charge on any atom is -0.293 e. The third-order valence-electron chi connectivity index (χ3n) is 2.22. The molecule has 17 heavy (non-hydrogen) atoms. The average molecular weight is 331 g/mol. The highest BCUT2D eigenvalue weighted by Gasteiger charge is 2.14. The van der Waals surface area contributed by atoms with Crippen molar-refractivity contribution in [3.8, 4) is 0 Å². The lowest BCUT2D eigenvalue weighted by Gasteiger charge is -2.21. The Morgan fingerprint density at radius 3 is 2.65 bits per heavy atom. The summed E-state index contributed by atoms with van der Waals surface area (Å²) in [7, 11) is 0. The van der Waals surface area contributed by atoms with Crippen molar-refractivity contribution in [2.24, 2.45) is 0 Å². The van der Waals surface area contributed by atoms with E-state index in [-0.39, 0.29) is 18.1 Å². The van der Waals surface area contributed by atoms with Crippen LogP contribution in [0.2, 0.25) is 5.02 Å². The van der Waals surface area contributed by atoms with Gasteiger partial charge in [-0.05, 0) is 6.07 Å². The van der Waals surface area contributed by atoms with Crippen LogP contribution in [0.3, 0.4) is 0 Å². The summed E-state index contributed by atoms with van der Waals surface area (Å²) in [5, 5.41) is 0.570. The zero-order chi connectivity index (χ0) is 12.8. The Balaban J connectivity index is 2.74. The molecule has 0 unspecified atom stereocenters. The summed E-state index contributed by atoms with van der Waals surface area (Å²) in [6, 6.07) is 4.59. The van der Waals surface area contributed by atoms with Gasteiger partial charge in [0.15, 0.2) is 0 Å². The van der Waals surface area contributed by atoms with Crippen molar-refractivity contribution in [3.63, 3.8) is 0 Å². The molecule has 0 saturated heterocycles.